The normalized spacial score (nSPS) is 23.1. The predicted octanol–water partition coefficient (Wildman–Crippen LogP) is 4.24. The highest BCUT2D eigenvalue weighted by atomic mass is 16.6. The molecule has 20 heavy (non-hydrogen) atoms. The number of amides is 1. The van der Waals surface area contributed by atoms with E-state index in [2.05, 4.69) is 29.6 Å². The van der Waals surface area contributed by atoms with Crippen LogP contribution in [0, 0.1) is 0 Å². The van der Waals surface area contributed by atoms with Gasteiger partial charge in [0.05, 0.1) is 0 Å². The van der Waals surface area contributed by atoms with Crippen LogP contribution in [0.1, 0.15) is 57.9 Å². The molecule has 1 N–H and O–H groups in total. The van der Waals surface area contributed by atoms with Crippen LogP contribution in [0.2, 0.25) is 0 Å². The number of carbonyl (C=O) groups excluding carboxylic acids is 1. The third-order valence-corrected chi connectivity index (χ3v) is 3.67. The van der Waals surface area contributed by atoms with Crippen LogP contribution in [0.25, 0.3) is 0 Å². The van der Waals surface area contributed by atoms with E-state index in [0.29, 0.717) is 5.92 Å². The van der Waals surface area contributed by atoms with Crippen LogP contribution in [0.4, 0.5) is 4.79 Å². The van der Waals surface area contributed by atoms with Crippen LogP contribution in [-0.4, -0.2) is 17.7 Å². The van der Waals surface area contributed by atoms with E-state index < -0.39 is 5.60 Å². The molecule has 3 heteroatoms. The topological polar surface area (TPSA) is 38.3 Å². The van der Waals surface area contributed by atoms with Crippen molar-refractivity contribution in [1.29, 1.82) is 0 Å². The Hall–Kier alpha value is -1.51. The molecule has 0 heterocycles. The van der Waals surface area contributed by atoms with E-state index in [1.807, 2.05) is 26.8 Å². The smallest absolute Gasteiger partial charge is 0.407 e. The lowest BCUT2D eigenvalue weighted by molar-refractivity contribution is 0.0490. The first-order valence-electron chi connectivity index (χ1n) is 7.48. The van der Waals surface area contributed by atoms with Gasteiger partial charge in [-0.15, -0.1) is 0 Å². The molecule has 0 radical (unpaired) electrons. The summed E-state index contributed by atoms with van der Waals surface area (Å²) in [5.41, 5.74) is 0.945. The zero-order chi connectivity index (χ0) is 14.6. The van der Waals surface area contributed by atoms with Crippen LogP contribution in [0.3, 0.4) is 0 Å². The van der Waals surface area contributed by atoms with Crippen LogP contribution in [-0.2, 0) is 4.74 Å². The summed E-state index contributed by atoms with van der Waals surface area (Å²) in [7, 11) is 0. The maximum atomic E-state index is 11.8. The zero-order valence-corrected chi connectivity index (χ0v) is 12.7. The average molecular weight is 275 g/mol. The fourth-order valence-electron chi connectivity index (χ4n) is 2.82. The molecule has 0 bridgehead atoms. The molecule has 1 aliphatic rings. The highest BCUT2D eigenvalue weighted by Crippen LogP contribution is 2.32. The van der Waals surface area contributed by atoms with Crippen LogP contribution < -0.4 is 5.32 Å². The van der Waals surface area contributed by atoms with Crippen molar-refractivity contribution in [2.75, 3.05) is 0 Å². The summed E-state index contributed by atoms with van der Waals surface area (Å²) >= 11 is 0. The first-order valence-corrected chi connectivity index (χ1v) is 7.48. The Morgan fingerprint density at radius 1 is 1.20 bits per heavy atom. The third-order valence-electron chi connectivity index (χ3n) is 3.67. The number of rotatable bonds is 2. The third kappa shape index (κ3) is 4.55. The van der Waals surface area contributed by atoms with E-state index in [0.717, 1.165) is 19.3 Å². The van der Waals surface area contributed by atoms with Crippen molar-refractivity contribution < 1.29 is 9.53 Å². The van der Waals surface area contributed by atoms with Gasteiger partial charge in [-0.2, -0.15) is 0 Å². The summed E-state index contributed by atoms with van der Waals surface area (Å²) in [5, 5.41) is 3.01. The van der Waals surface area contributed by atoms with Gasteiger partial charge in [0, 0.05) is 6.04 Å². The van der Waals surface area contributed by atoms with E-state index in [1.165, 1.54) is 12.0 Å². The first kappa shape index (κ1) is 14.9. The molecule has 1 aliphatic carbocycles. The fourth-order valence-corrected chi connectivity index (χ4v) is 2.82. The summed E-state index contributed by atoms with van der Waals surface area (Å²) in [6.07, 6.45) is 4.11. The summed E-state index contributed by atoms with van der Waals surface area (Å²) in [6, 6.07) is 10.8. The Morgan fingerprint density at radius 2 is 1.90 bits per heavy atom. The quantitative estimate of drug-likeness (QED) is 0.876. The molecule has 3 nitrogen and oxygen atoms in total. The van der Waals surface area contributed by atoms with Gasteiger partial charge in [-0.25, -0.2) is 4.79 Å². The van der Waals surface area contributed by atoms with Gasteiger partial charge in [0.15, 0.2) is 0 Å². The minimum absolute atomic E-state index is 0.226. The zero-order valence-electron chi connectivity index (χ0n) is 12.7. The number of hydrogen-bond acceptors (Lipinski definition) is 2. The van der Waals surface area contributed by atoms with Crippen LogP contribution >= 0.6 is 0 Å². The molecule has 0 spiro atoms. The number of carbonyl (C=O) groups is 1. The van der Waals surface area contributed by atoms with Gasteiger partial charge in [0.2, 0.25) is 0 Å². The molecule has 1 amide bonds. The summed E-state index contributed by atoms with van der Waals surface area (Å²) in [5.74, 6) is 0.546. The molecular formula is C17H25NO2. The van der Waals surface area contributed by atoms with E-state index in [4.69, 9.17) is 4.74 Å². The first-order chi connectivity index (χ1) is 9.44. The van der Waals surface area contributed by atoms with Crippen molar-refractivity contribution in [2.45, 2.75) is 64.0 Å². The molecule has 0 aliphatic heterocycles. The van der Waals surface area contributed by atoms with E-state index in [-0.39, 0.29) is 12.1 Å². The lowest BCUT2D eigenvalue weighted by Crippen LogP contribution is -2.41. The maximum Gasteiger partial charge on any atom is 0.407 e. The second kappa shape index (κ2) is 6.29. The maximum absolute atomic E-state index is 11.8. The van der Waals surface area contributed by atoms with Gasteiger partial charge in [0.1, 0.15) is 5.60 Å². The Labute approximate surface area is 121 Å². The van der Waals surface area contributed by atoms with E-state index >= 15 is 0 Å². The van der Waals surface area contributed by atoms with Gasteiger partial charge in [-0.3, -0.25) is 0 Å². The van der Waals surface area contributed by atoms with Crippen molar-refractivity contribution in [1.82, 2.24) is 5.32 Å². The Morgan fingerprint density at radius 3 is 2.55 bits per heavy atom. The monoisotopic (exact) mass is 275 g/mol. The molecular weight excluding hydrogens is 250 g/mol. The number of hydrogen-bond donors (Lipinski definition) is 1. The molecule has 0 aromatic heterocycles. The number of ether oxygens (including phenoxy) is 1. The number of nitrogens with one attached hydrogen (secondary N) is 1. The fraction of sp³-hybridized carbons (Fsp3) is 0.588. The summed E-state index contributed by atoms with van der Waals surface area (Å²) < 4.78 is 5.33. The molecule has 1 aromatic carbocycles. The van der Waals surface area contributed by atoms with Gasteiger partial charge >= 0.3 is 6.09 Å². The standard InChI is InChI=1S/C17H25NO2/c1-17(2,3)20-16(19)18-15-11-7-10-14(12-15)13-8-5-4-6-9-13/h4-6,8-9,14-15H,7,10-12H2,1-3H3,(H,18,19)/t14-,15+/m0/s1. The van der Waals surface area contributed by atoms with E-state index in [9.17, 15) is 4.79 Å². The second-order valence-electron chi connectivity index (χ2n) is 6.62. The summed E-state index contributed by atoms with van der Waals surface area (Å²) in [6.45, 7) is 5.67. The Balaban J connectivity index is 1.89. The highest BCUT2D eigenvalue weighted by molar-refractivity contribution is 5.68. The van der Waals surface area contributed by atoms with E-state index in [1.54, 1.807) is 0 Å². The lowest BCUT2D eigenvalue weighted by Gasteiger charge is -2.31. The highest BCUT2D eigenvalue weighted by Gasteiger charge is 2.26. The molecule has 0 unspecified atom stereocenters. The van der Waals surface area contributed by atoms with Gasteiger partial charge in [-0.1, -0.05) is 36.8 Å². The van der Waals surface area contributed by atoms with Gasteiger partial charge in [0.25, 0.3) is 0 Å². The van der Waals surface area contributed by atoms with Crippen LogP contribution in [0.15, 0.2) is 30.3 Å². The second-order valence-corrected chi connectivity index (χ2v) is 6.62. The molecule has 1 saturated carbocycles. The minimum atomic E-state index is -0.433. The largest absolute Gasteiger partial charge is 0.444 e. The Bertz CT molecular complexity index is 436. The van der Waals surface area contributed by atoms with Crippen molar-refractivity contribution in [3.8, 4) is 0 Å². The van der Waals surface area contributed by atoms with Crippen LogP contribution in [0.5, 0.6) is 0 Å². The number of benzene rings is 1. The molecule has 110 valence electrons. The average Bonchev–Trinajstić information content (AvgIpc) is 2.38. The SMILES string of the molecule is CC(C)(C)OC(=O)N[C@@H]1CCC[C@H](c2ccccc2)C1. The lowest BCUT2D eigenvalue weighted by atomic mass is 9.81. The van der Waals surface area contributed by atoms with Crippen molar-refractivity contribution >= 4 is 6.09 Å². The predicted molar refractivity (Wildman–Crippen MR) is 80.8 cm³/mol. The molecule has 1 fully saturated rings. The number of alkyl carbamates (subject to hydrolysis) is 1. The van der Waals surface area contributed by atoms with Crippen molar-refractivity contribution in [3.63, 3.8) is 0 Å². The molecule has 2 atom stereocenters. The molecule has 1 aromatic rings. The molecule has 2 rings (SSSR count). The minimum Gasteiger partial charge on any atom is -0.444 e. The van der Waals surface area contributed by atoms with Crippen molar-refractivity contribution in [3.05, 3.63) is 35.9 Å². The molecule has 0 saturated heterocycles. The van der Waals surface area contributed by atoms with Gasteiger partial charge < -0.3 is 10.1 Å². The van der Waals surface area contributed by atoms with Crippen molar-refractivity contribution in [2.24, 2.45) is 0 Å². The summed E-state index contributed by atoms with van der Waals surface area (Å²) in [4.78, 5) is 11.8. The Kier molecular flexibility index (Phi) is 4.69. The van der Waals surface area contributed by atoms with Gasteiger partial charge in [-0.05, 0) is 51.5 Å².